The number of rotatable bonds is 7. The van der Waals surface area contributed by atoms with Crippen LogP contribution in [0.5, 0.6) is 0 Å². The number of aromatic amines is 1. The number of aromatic nitrogens is 6. The molecular formula is C12H18N6OS. The zero-order valence-corrected chi connectivity index (χ0v) is 12.1. The maximum atomic E-state index is 5.62. The molecule has 20 heavy (non-hydrogen) atoms. The summed E-state index contributed by atoms with van der Waals surface area (Å²) in [6.07, 6.45) is 8.42. The third-order valence-electron chi connectivity index (χ3n) is 3.30. The Hall–Kier alpha value is -1.41. The number of tetrazole rings is 1. The molecule has 0 spiro atoms. The molecule has 1 N–H and O–H groups in total. The Labute approximate surface area is 121 Å². The van der Waals surface area contributed by atoms with Gasteiger partial charge in [0.05, 0.1) is 18.8 Å². The summed E-state index contributed by atoms with van der Waals surface area (Å²) < 4.78 is 7.48. The topological polar surface area (TPSA) is 81.5 Å². The van der Waals surface area contributed by atoms with Gasteiger partial charge in [-0.25, -0.2) is 4.68 Å². The van der Waals surface area contributed by atoms with Crippen LogP contribution in [0, 0.1) is 0 Å². The van der Waals surface area contributed by atoms with E-state index >= 15 is 0 Å². The van der Waals surface area contributed by atoms with Crippen LogP contribution in [-0.2, 0) is 17.7 Å². The molecule has 108 valence electrons. The highest BCUT2D eigenvalue weighted by Gasteiger charge is 2.18. The Morgan fingerprint density at radius 3 is 3.30 bits per heavy atom. The normalized spacial score (nSPS) is 18.7. The molecule has 0 aromatic carbocycles. The fraction of sp³-hybridized carbons (Fsp3) is 0.667. The first-order valence-electron chi connectivity index (χ1n) is 6.90. The van der Waals surface area contributed by atoms with E-state index in [1.54, 1.807) is 11.8 Å². The molecule has 0 aliphatic carbocycles. The Kier molecular flexibility index (Phi) is 4.65. The van der Waals surface area contributed by atoms with Gasteiger partial charge in [0, 0.05) is 18.6 Å². The number of nitrogens with zero attached hydrogens (tertiary/aromatic N) is 5. The maximum Gasteiger partial charge on any atom is 0.209 e. The third kappa shape index (κ3) is 3.57. The van der Waals surface area contributed by atoms with Crippen molar-refractivity contribution >= 4 is 11.8 Å². The van der Waals surface area contributed by atoms with Crippen molar-refractivity contribution in [2.24, 2.45) is 0 Å². The van der Waals surface area contributed by atoms with Gasteiger partial charge < -0.3 is 4.74 Å². The second-order valence-electron chi connectivity index (χ2n) is 4.84. The summed E-state index contributed by atoms with van der Waals surface area (Å²) in [5, 5.41) is 19.5. The van der Waals surface area contributed by atoms with Crippen molar-refractivity contribution in [3.05, 3.63) is 18.0 Å². The molecule has 3 heterocycles. The molecule has 8 heteroatoms. The smallest absolute Gasteiger partial charge is 0.209 e. The van der Waals surface area contributed by atoms with Gasteiger partial charge >= 0.3 is 0 Å². The number of ether oxygens (including phenoxy) is 1. The Morgan fingerprint density at radius 1 is 1.50 bits per heavy atom. The van der Waals surface area contributed by atoms with Crippen molar-refractivity contribution in [2.45, 2.75) is 43.5 Å². The lowest BCUT2D eigenvalue weighted by Gasteiger charge is -2.09. The van der Waals surface area contributed by atoms with Crippen LogP contribution in [0.3, 0.4) is 0 Å². The first-order valence-corrected chi connectivity index (χ1v) is 7.88. The summed E-state index contributed by atoms with van der Waals surface area (Å²) in [6, 6.07) is 0. The zero-order valence-electron chi connectivity index (χ0n) is 11.2. The predicted molar refractivity (Wildman–Crippen MR) is 74.4 cm³/mol. The van der Waals surface area contributed by atoms with Crippen molar-refractivity contribution < 1.29 is 4.74 Å². The molecule has 0 bridgehead atoms. The van der Waals surface area contributed by atoms with Crippen LogP contribution < -0.4 is 0 Å². The van der Waals surface area contributed by atoms with Gasteiger partial charge in [-0.05, 0) is 41.7 Å². The lowest BCUT2D eigenvalue weighted by Crippen LogP contribution is -2.16. The zero-order chi connectivity index (χ0) is 13.6. The first-order chi connectivity index (χ1) is 9.92. The average molecular weight is 294 g/mol. The number of H-pyrrole nitrogens is 1. The van der Waals surface area contributed by atoms with Crippen LogP contribution in [-0.4, -0.2) is 48.9 Å². The van der Waals surface area contributed by atoms with Crippen LogP contribution in [0.4, 0.5) is 0 Å². The molecule has 1 fully saturated rings. The standard InChI is InChI=1S/C12H18N6OS/c1-4-11(19-5-1)9-18-12(15-16-17-18)20-6-2-3-10-7-13-14-8-10/h7-8,11H,1-6,9H2,(H,13,14)/t11-/m1/s1. The van der Waals surface area contributed by atoms with Gasteiger partial charge in [0.25, 0.3) is 0 Å². The minimum absolute atomic E-state index is 0.267. The van der Waals surface area contributed by atoms with E-state index < -0.39 is 0 Å². The summed E-state index contributed by atoms with van der Waals surface area (Å²) in [5.41, 5.74) is 1.24. The molecular weight excluding hydrogens is 276 g/mol. The lowest BCUT2D eigenvalue weighted by molar-refractivity contribution is 0.0912. The van der Waals surface area contributed by atoms with Crippen LogP contribution in [0.15, 0.2) is 17.6 Å². The SMILES string of the molecule is c1n[nH]cc1CCCSc1nnnn1C[C@H]1CCCO1. The van der Waals surface area contributed by atoms with E-state index in [0.717, 1.165) is 49.7 Å². The van der Waals surface area contributed by atoms with Crippen molar-refractivity contribution in [1.29, 1.82) is 0 Å². The Balaban J connectivity index is 1.44. The average Bonchev–Trinajstić information content (AvgIpc) is 3.19. The molecule has 3 rings (SSSR count). The van der Waals surface area contributed by atoms with Crippen LogP contribution >= 0.6 is 11.8 Å². The second kappa shape index (κ2) is 6.85. The summed E-state index contributed by atoms with van der Waals surface area (Å²) in [5.74, 6) is 0.997. The maximum absolute atomic E-state index is 5.62. The molecule has 0 unspecified atom stereocenters. The van der Waals surface area contributed by atoms with E-state index in [1.165, 1.54) is 5.56 Å². The predicted octanol–water partition coefficient (Wildman–Crippen LogP) is 1.30. The van der Waals surface area contributed by atoms with E-state index in [2.05, 4.69) is 25.7 Å². The first kappa shape index (κ1) is 13.6. The summed E-state index contributed by atoms with van der Waals surface area (Å²) in [4.78, 5) is 0. The number of nitrogens with one attached hydrogen (secondary N) is 1. The highest BCUT2D eigenvalue weighted by atomic mass is 32.2. The van der Waals surface area contributed by atoms with Gasteiger partial charge in [-0.15, -0.1) is 5.10 Å². The minimum Gasteiger partial charge on any atom is -0.376 e. The molecule has 1 saturated heterocycles. The number of hydrogen-bond acceptors (Lipinski definition) is 6. The van der Waals surface area contributed by atoms with Gasteiger partial charge in [0.15, 0.2) is 0 Å². The molecule has 1 aliphatic rings. The monoisotopic (exact) mass is 294 g/mol. The molecule has 0 radical (unpaired) electrons. The number of aryl methyl sites for hydroxylation is 1. The largest absolute Gasteiger partial charge is 0.376 e. The second-order valence-corrected chi connectivity index (χ2v) is 5.90. The lowest BCUT2D eigenvalue weighted by atomic mass is 10.2. The third-order valence-corrected chi connectivity index (χ3v) is 4.34. The van der Waals surface area contributed by atoms with Crippen LogP contribution in [0.1, 0.15) is 24.8 Å². The van der Waals surface area contributed by atoms with Crippen molar-refractivity contribution in [2.75, 3.05) is 12.4 Å². The number of hydrogen-bond donors (Lipinski definition) is 1. The van der Waals surface area contributed by atoms with Crippen LogP contribution in [0.2, 0.25) is 0 Å². The fourth-order valence-corrected chi connectivity index (χ4v) is 3.08. The summed E-state index contributed by atoms with van der Waals surface area (Å²) in [6.45, 7) is 1.62. The van der Waals surface area contributed by atoms with Gasteiger partial charge in [0.1, 0.15) is 0 Å². The van der Waals surface area contributed by atoms with Gasteiger partial charge in [-0.3, -0.25) is 5.10 Å². The van der Waals surface area contributed by atoms with E-state index in [0.29, 0.717) is 0 Å². The van der Waals surface area contributed by atoms with Crippen molar-refractivity contribution in [3.63, 3.8) is 0 Å². The number of thioether (sulfide) groups is 1. The fourth-order valence-electron chi connectivity index (χ4n) is 2.25. The molecule has 0 amide bonds. The van der Waals surface area contributed by atoms with Crippen molar-refractivity contribution in [3.8, 4) is 0 Å². The van der Waals surface area contributed by atoms with E-state index in [9.17, 15) is 0 Å². The van der Waals surface area contributed by atoms with Gasteiger partial charge in [0.2, 0.25) is 5.16 Å². The molecule has 0 saturated carbocycles. The Morgan fingerprint density at radius 2 is 2.50 bits per heavy atom. The minimum atomic E-state index is 0.267. The highest BCUT2D eigenvalue weighted by molar-refractivity contribution is 7.99. The van der Waals surface area contributed by atoms with Gasteiger partial charge in [-0.2, -0.15) is 5.10 Å². The molecule has 2 aromatic heterocycles. The molecule has 2 aromatic rings. The van der Waals surface area contributed by atoms with E-state index in [4.69, 9.17) is 4.74 Å². The molecule has 7 nitrogen and oxygen atoms in total. The molecule has 1 aliphatic heterocycles. The summed E-state index contributed by atoms with van der Waals surface area (Å²) in [7, 11) is 0. The van der Waals surface area contributed by atoms with Crippen LogP contribution in [0.25, 0.3) is 0 Å². The molecule has 1 atom stereocenters. The highest BCUT2D eigenvalue weighted by Crippen LogP contribution is 2.19. The Bertz CT molecular complexity index is 508. The van der Waals surface area contributed by atoms with Crippen molar-refractivity contribution in [1.82, 2.24) is 30.4 Å². The quantitative estimate of drug-likeness (QED) is 0.612. The summed E-state index contributed by atoms with van der Waals surface area (Å²) >= 11 is 1.70. The van der Waals surface area contributed by atoms with Gasteiger partial charge in [-0.1, -0.05) is 11.8 Å². The van der Waals surface area contributed by atoms with E-state index in [-0.39, 0.29) is 6.10 Å². The van der Waals surface area contributed by atoms with E-state index in [1.807, 2.05) is 17.1 Å².